The van der Waals surface area contributed by atoms with Crippen molar-refractivity contribution in [1.29, 1.82) is 0 Å². The first kappa shape index (κ1) is 10.4. The number of rotatable bonds is 5. The van der Waals surface area contributed by atoms with Crippen LogP contribution in [-0.4, -0.2) is 36.1 Å². The molecule has 0 aromatic carbocycles. The van der Waals surface area contributed by atoms with Gasteiger partial charge in [0, 0.05) is 0 Å². The minimum atomic E-state index is -0.719. The Labute approximate surface area is 68.0 Å². The van der Waals surface area contributed by atoms with E-state index in [0.29, 0.717) is 0 Å². The second kappa shape index (κ2) is 5.13. The molecule has 3 heteroatoms. The quantitative estimate of drug-likeness (QED) is 0.655. The number of nitrogens with zero attached hydrogens (tertiary/aromatic N) is 1. The Balaban J connectivity index is 3.80. The lowest BCUT2D eigenvalue weighted by Crippen LogP contribution is -2.35. The fourth-order valence-electron chi connectivity index (χ4n) is 1.00. The molecule has 0 rings (SSSR count). The van der Waals surface area contributed by atoms with E-state index in [0.717, 1.165) is 19.3 Å². The molecule has 0 heterocycles. The topological polar surface area (TPSA) is 40.5 Å². The van der Waals surface area contributed by atoms with Crippen LogP contribution in [0.25, 0.3) is 0 Å². The Morgan fingerprint density at radius 3 is 2.36 bits per heavy atom. The van der Waals surface area contributed by atoms with E-state index in [1.807, 2.05) is 0 Å². The van der Waals surface area contributed by atoms with Crippen LogP contribution in [0, 0.1) is 0 Å². The van der Waals surface area contributed by atoms with Gasteiger partial charge in [0.05, 0.1) is 0 Å². The van der Waals surface area contributed by atoms with Crippen LogP contribution in [0.5, 0.6) is 0 Å². The maximum absolute atomic E-state index is 10.6. The van der Waals surface area contributed by atoms with Crippen LogP contribution in [0.3, 0.4) is 0 Å². The third-order valence-corrected chi connectivity index (χ3v) is 1.74. The standard InChI is InChI=1S/C8H17NO2/c1-4-5-6-7(8(10)11)9(2)3/h7H,4-6H2,1-3H3,(H,10,11)/t7-/m1/s1. The molecule has 0 aromatic heterocycles. The second-order valence-electron chi connectivity index (χ2n) is 2.96. The van der Waals surface area contributed by atoms with E-state index >= 15 is 0 Å². The monoisotopic (exact) mass is 159 g/mol. The highest BCUT2D eigenvalue weighted by Crippen LogP contribution is 2.05. The normalized spacial score (nSPS) is 13.5. The first-order valence-corrected chi connectivity index (χ1v) is 3.98. The van der Waals surface area contributed by atoms with Gasteiger partial charge in [-0.15, -0.1) is 0 Å². The van der Waals surface area contributed by atoms with Crippen molar-refractivity contribution in [2.75, 3.05) is 14.1 Å². The molecular weight excluding hydrogens is 142 g/mol. The van der Waals surface area contributed by atoms with Gasteiger partial charge in [-0.2, -0.15) is 0 Å². The molecule has 0 aliphatic rings. The molecule has 0 aliphatic carbocycles. The van der Waals surface area contributed by atoms with E-state index in [2.05, 4.69) is 6.92 Å². The Morgan fingerprint density at radius 2 is 2.09 bits per heavy atom. The van der Waals surface area contributed by atoms with Crippen LogP contribution in [0.2, 0.25) is 0 Å². The molecule has 0 amide bonds. The molecule has 66 valence electrons. The van der Waals surface area contributed by atoms with E-state index in [1.165, 1.54) is 0 Å². The Kier molecular flexibility index (Phi) is 4.86. The molecule has 0 saturated heterocycles. The van der Waals surface area contributed by atoms with Crippen molar-refractivity contribution in [3.63, 3.8) is 0 Å². The molecule has 3 nitrogen and oxygen atoms in total. The average Bonchev–Trinajstić information content (AvgIpc) is 1.87. The number of hydrogen-bond acceptors (Lipinski definition) is 2. The fraction of sp³-hybridized carbons (Fsp3) is 0.875. The van der Waals surface area contributed by atoms with Crippen molar-refractivity contribution in [1.82, 2.24) is 4.90 Å². The summed E-state index contributed by atoms with van der Waals surface area (Å²) in [5.74, 6) is -0.719. The van der Waals surface area contributed by atoms with E-state index in [1.54, 1.807) is 19.0 Å². The van der Waals surface area contributed by atoms with Gasteiger partial charge in [0.2, 0.25) is 0 Å². The van der Waals surface area contributed by atoms with E-state index in [9.17, 15) is 4.79 Å². The number of carbonyl (C=O) groups is 1. The third kappa shape index (κ3) is 3.98. The zero-order valence-corrected chi connectivity index (χ0v) is 7.50. The van der Waals surface area contributed by atoms with Crippen LogP contribution in [0.1, 0.15) is 26.2 Å². The fourth-order valence-corrected chi connectivity index (χ4v) is 1.00. The van der Waals surface area contributed by atoms with Gasteiger partial charge in [-0.05, 0) is 20.5 Å². The molecule has 1 atom stereocenters. The Bertz CT molecular complexity index is 123. The summed E-state index contributed by atoms with van der Waals surface area (Å²) in [6, 6.07) is -0.310. The lowest BCUT2D eigenvalue weighted by Gasteiger charge is -2.19. The van der Waals surface area contributed by atoms with Crippen LogP contribution in [0.15, 0.2) is 0 Å². The largest absolute Gasteiger partial charge is 0.480 e. The van der Waals surface area contributed by atoms with Crippen LogP contribution in [0.4, 0.5) is 0 Å². The summed E-state index contributed by atoms with van der Waals surface area (Å²) >= 11 is 0. The summed E-state index contributed by atoms with van der Waals surface area (Å²) in [6.45, 7) is 2.06. The van der Waals surface area contributed by atoms with E-state index in [4.69, 9.17) is 5.11 Å². The van der Waals surface area contributed by atoms with Crippen molar-refractivity contribution in [3.8, 4) is 0 Å². The maximum atomic E-state index is 10.6. The van der Waals surface area contributed by atoms with E-state index < -0.39 is 5.97 Å². The summed E-state index contributed by atoms with van der Waals surface area (Å²) in [4.78, 5) is 12.4. The summed E-state index contributed by atoms with van der Waals surface area (Å²) in [5.41, 5.74) is 0. The van der Waals surface area contributed by atoms with Crippen molar-refractivity contribution in [2.45, 2.75) is 32.2 Å². The first-order valence-electron chi connectivity index (χ1n) is 3.98. The van der Waals surface area contributed by atoms with Crippen molar-refractivity contribution < 1.29 is 9.90 Å². The molecular formula is C8H17NO2. The summed E-state index contributed by atoms with van der Waals surface area (Å²) < 4.78 is 0. The summed E-state index contributed by atoms with van der Waals surface area (Å²) in [7, 11) is 3.60. The van der Waals surface area contributed by atoms with Crippen LogP contribution in [-0.2, 0) is 4.79 Å². The number of hydrogen-bond donors (Lipinski definition) is 1. The molecule has 0 radical (unpaired) electrons. The lowest BCUT2D eigenvalue weighted by molar-refractivity contribution is -0.142. The smallest absolute Gasteiger partial charge is 0.320 e. The number of unbranched alkanes of at least 4 members (excludes halogenated alkanes) is 1. The van der Waals surface area contributed by atoms with Gasteiger partial charge in [-0.3, -0.25) is 9.69 Å². The van der Waals surface area contributed by atoms with Gasteiger partial charge < -0.3 is 5.11 Å². The Morgan fingerprint density at radius 1 is 1.55 bits per heavy atom. The highest BCUT2D eigenvalue weighted by atomic mass is 16.4. The SMILES string of the molecule is CCCC[C@H](C(=O)O)N(C)C. The molecule has 0 bridgehead atoms. The molecule has 0 aliphatic heterocycles. The van der Waals surface area contributed by atoms with Gasteiger partial charge >= 0.3 is 5.97 Å². The van der Waals surface area contributed by atoms with Crippen molar-refractivity contribution in [2.24, 2.45) is 0 Å². The number of carboxylic acids is 1. The van der Waals surface area contributed by atoms with Crippen molar-refractivity contribution >= 4 is 5.97 Å². The van der Waals surface area contributed by atoms with Gasteiger partial charge in [0.15, 0.2) is 0 Å². The molecule has 0 spiro atoms. The zero-order chi connectivity index (χ0) is 8.85. The first-order chi connectivity index (χ1) is 5.09. The second-order valence-corrected chi connectivity index (χ2v) is 2.96. The van der Waals surface area contributed by atoms with E-state index in [-0.39, 0.29) is 6.04 Å². The van der Waals surface area contributed by atoms with Gasteiger partial charge in [0.1, 0.15) is 6.04 Å². The summed E-state index contributed by atoms with van der Waals surface area (Å²) in [6.07, 6.45) is 2.78. The molecule has 0 fully saturated rings. The minimum absolute atomic E-state index is 0.310. The molecule has 11 heavy (non-hydrogen) atoms. The van der Waals surface area contributed by atoms with Gasteiger partial charge in [-0.25, -0.2) is 0 Å². The van der Waals surface area contributed by atoms with Crippen LogP contribution < -0.4 is 0 Å². The highest BCUT2D eigenvalue weighted by Gasteiger charge is 2.17. The third-order valence-electron chi connectivity index (χ3n) is 1.74. The Hall–Kier alpha value is -0.570. The minimum Gasteiger partial charge on any atom is -0.480 e. The molecule has 0 saturated carbocycles. The molecule has 1 N–H and O–H groups in total. The predicted molar refractivity (Wildman–Crippen MR) is 44.6 cm³/mol. The summed E-state index contributed by atoms with van der Waals surface area (Å²) in [5, 5.41) is 8.73. The average molecular weight is 159 g/mol. The number of likely N-dealkylation sites (N-methyl/N-ethyl adjacent to an activating group) is 1. The number of aliphatic carboxylic acids is 1. The van der Waals surface area contributed by atoms with Crippen molar-refractivity contribution in [3.05, 3.63) is 0 Å². The predicted octanol–water partition coefficient (Wildman–Crippen LogP) is 1.19. The number of carboxylic acid groups (broad SMARTS) is 1. The molecule has 0 aromatic rings. The van der Waals surface area contributed by atoms with Gasteiger partial charge in [0.25, 0.3) is 0 Å². The highest BCUT2D eigenvalue weighted by molar-refractivity contribution is 5.73. The van der Waals surface area contributed by atoms with Gasteiger partial charge in [-0.1, -0.05) is 19.8 Å². The lowest BCUT2D eigenvalue weighted by atomic mass is 10.1. The molecule has 0 unspecified atom stereocenters. The zero-order valence-electron chi connectivity index (χ0n) is 7.50. The maximum Gasteiger partial charge on any atom is 0.320 e. The van der Waals surface area contributed by atoms with Crippen LogP contribution >= 0.6 is 0 Å².